The quantitative estimate of drug-likeness (QED) is 0.686. The number of likely N-dealkylation sites (N-methyl/N-ethyl adjacent to an activating group) is 1. The third-order valence-electron chi connectivity index (χ3n) is 3.77. The lowest BCUT2D eigenvalue weighted by atomic mass is 10.2. The lowest BCUT2D eigenvalue weighted by Gasteiger charge is -2.25. The van der Waals surface area contributed by atoms with Gasteiger partial charge in [-0.2, -0.15) is 0 Å². The van der Waals surface area contributed by atoms with Crippen molar-refractivity contribution in [1.82, 2.24) is 10.1 Å². The van der Waals surface area contributed by atoms with Crippen molar-refractivity contribution in [3.63, 3.8) is 0 Å². The predicted molar refractivity (Wildman–Crippen MR) is 88.2 cm³/mol. The number of anilines is 1. The Labute approximate surface area is 138 Å². The average molecular weight is 325 g/mol. The molecule has 0 atom stereocenters. The first-order valence-electron chi connectivity index (χ1n) is 8.22. The van der Waals surface area contributed by atoms with E-state index in [2.05, 4.69) is 24.3 Å². The van der Waals surface area contributed by atoms with Gasteiger partial charge in [0.15, 0.2) is 5.82 Å². The first kappa shape index (κ1) is 19.2. The van der Waals surface area contributed by atoms with Crippen LogP contribution in [0.15, 0.2) is 10.6 Å². The van der Waals surface area contributed by atoms with E-state index in [-0.39, 0.29) is 24.3 Å². The summed E-state index contributed by atoms with van der Waals surface area (Å²) in [6.45, 7) is 13.1. The maximum atomic E-state index is 12.3. The minimum absolute atomic E-state index is 0.0111. The van der Waals surface area contributed by atoms with Crippen LogP contribution in [-0.4, -0.2) is 54.6 Å². The van der Waals surface area contributed by atoms with Gasteiger partial charge in [0.25, 0.3) is 0 Å². The summed E-state index contributed by atoms with van der Waals surface area (Å²) in [5, 5.41) is 6.39. The maximum Gasteiger partial charge on any atom is 0.245 e. The number of aromatic nitrogens is 1. The Balaban J connectivity index is 2.64. The Morgan fingerprint density at radius 3 is 2.48 bits per heavy atom. The highest BCUT2D eigenvalue weighted by atomic mass is 16.5. The molecule has 0 radical (unpaired) electrons. The van der Waals surface area contributed by atoms with E-state index in [0.717, 1.165) is 19.6 Å². The lowest BCUT2D eigenvalue weighted by molar-refractivity contribution is -0.895. The van der Waals surface area contributed by atoms with Crippen molar-refractivity contribution in [2.75, 3.05) is 38.0 Å². The molecule has 0 unspecified atom stereocenters. The first-order valence-corrected chi connectivity index (χ1v) is 8.22. The van der Waals surface area contributed by atoms with Crippen molar-refractivity contribution in [1.29, 1.82) is 0 Å². The normalized spacial score (nSPS) is 11.1. The summed E-state index contributed by atoms with van der Waals surface area (Å²) >= 11 is 0. The van der Waals surface area contributed by atoms with Gasteiger partial charge in [-0.3, -0.25) is 9.59 Å². The fourth-order valence-corrected chi connectivity index (χ4v) is 2.31. The first-order chi connectivity index (χ1) is 10.9. The number of hydrogen-bond donors (Lipinski definition) is 2. The van der Waals surface area contributed by atoms with Crippen molar-refractivity contribution in [2.45, 2.75) is 34.6 Å². The van der Waals surface area contributed by atoms with Crippen LogP contribution in [0.1, 0.15) is 33.5 Å². The highest BCUT2D eigenvalue weighted by molar-refractivity contribution is 5.94. The summed E-state index contributed by atoms with van der Waals surface area (Å²) in [7, 11) is 0. The van der Waals surface area contributed by atoms with E-state index in [1.807, 2.05) is 13.8 Å². The van der Waals surface area contributed by atoms with Gasteiger partial charge in [0.05, 0.1) is 26.2 Å². The monoisotopic (exact) mass is 325 g/mol. The molecule has 130 valence electrons. The van der Waals surface area contributed by atoms with Crippen molar-refractivity contribution in [2.24, 2.45) is 5.92 Å². The molecule has 0 bridgehead atoms. The van der Waals surface area contributed by atoms with Gasteiger partial charge in [-0.1, -0.05) is 19.0 Å². The molecule has 23 heavy (non-hydrogen) atoms. The largest absolute Gasteiger partial charge is 0.360 e. The van der Waals surface area contributed by atoms with Crippen LogP contribution in [0.2, 0.25) is 0 Å². The number of nitrogens with one attached hydrogen (secondary N) is 2. The van der Waals surface area contributed by atoms with Crippen molar-refractivity contribution in [3.8, 4) is 0 Å². The maximum absolute atomic E-state index is 12.3. The van der Waals surface area contributed by atoms with Crippen LogP contribution in [0.4, 0.5) is 5.82 Å². The molecule has 1 rings (SSSR count). The third-order valence-corrected chi connectivity index (χ3v) is 3.77. The Kier molecular flexibility index (Phi) is 7.74. The van der Waals surface area contributed by atoms with E-state index in [1.54, 1.807) is 17.9 Å². The predicted octanol–water partition coefficient (Wildman–Crippen LogP) is 0.331. The number of quaternary nitrogens is 1. The van der Waals surface area contributed by atoms with Crippen LogP contribution in [-0.2, 0) is 9.59 Å². The molecular formula is C16H29N4O3+. The minimum Gasteiger partial charge on any atom is -0.360 e. The number of nitrogens with zero attached hydrogens (tertiary/aromatic N) is 2. The van der Waals surface area contributed by atoms with E-state index in [9.17, 15) is 9.59 Å². The molecule has 7 nitrogen and oxygen atoms in total. The van der Waals surface area contributed by atoms with Gasteiger partial charge in [0.1, 0.15) is 12.3 Å². The van der Waals surface area contributed by atoms with Crippen LogP contribution >= 0.6 is 0 Å². The molecule has 0 saturated carbocycles. The molecule has 7 heteroatoms. The summed E-state index contributed by atoms with van der Waals surface area (Å²) in [4.78, 5) is 27.5. The van der Waals surface area contributed by atoms with E-state index in [4.69, 9.17) is 4.52 Å². The van der Waals surface area contributed by atoms with E-state index < -0.39 is 0 Å². The molecule has 0 saturated heterocycles. The fraction of sp³-hybridized carbons (Fsp3) is 0.688. The molecule has 0 aliphatic carbocycles. The van der Waals surface area contributed by atoms with Crippen LogP contribution in [0.5, 0.6) is 0 Å². The molecule has 1 aromatic rings. The van der Waals surface area contributed by atoms with Crippen LogP contribution < -0.4 is 10.2 Å². The zero-order valence-electron chi connectivity index (χ0n) is 14.8. The van der Waals surface area contributed by atoms with Crippen LogP contribution in [0.3, 0.4) is 0 Å². The molecule has 2 amide bonds. The van der Waals surface area contributed by atoms with Crippen molar-refractivity contribution < 1.29 is 19.0 Å². The molecule has 0 aliphatic rings. The van der Waals surface area contributed by atoms with Gasteiger partial charge in [-0.25, -0.2) is 0 Å². The zero-order chi connectivity index (χ0) is 17.4. The van der Waals surface area contributed by atoms with E-state index in [0.29, 0.717) is 18.1 Å². The summed E-state index contributed by atoms with van der Waals surface area (Å²) in [5.41, 5.74) is 0. The standard InChI is InChI=1S/C16H28N4O3/c1-6-19(7-2)8-9-20(16(22)12(3)4)11-15(21)17-14-10-13(5)23-18-14/h10,12H,6-9,11H2,1-5H3,(H,17,18,21)/p+1. The number of rotatable bonds is 9. The SMILES string of the molecule is CC[NH+](CC)CCN(CC(=O)Nc1cc(C)on1)C(=O)C(C)C. The molecule has 1 heterocycles. The molecular weight excluding hydrogens is 296 g/mol. The summed E-state index contributed by atoms with van der Waals surface area (Å²) in [6, 6.07) is 1.65. The smallest absolute Gasteiger partial charge is 0.245 e. The number of carbonyl (C=O) groups excluding carboxylic acids is 2. The lowest BCUT2D eigenvalue weighted by Crippen LogP contribution is -3.12. The summed E-state index contributed by atoms with van der Waals surface area (Å²) in [6.07, 6.45) is 0. The Bertz CT molecular complexity index is 509. The molecule has 0 aromatic carbocycles. The van der Waals surface area contributed by atoms with Gasteiger partial charge in [-0.05, 0) is 20.8 Å². The highest BCUT2D eigenvalue weighted by Crippen LogP contribution is 2.07. The Hall–Kier alpha value is -1.89. The number of hydrogen-bond acceptors (Lipinski definition) is 4. The third kappa shape index (κ3) is 6.40. The van der Waals surface area contributed by atoms with E-state index in [1.165, 1.54) is 4.90 Å². The highest BCUT2D eigenvalue weighted by Gasteiger charge is 2.21. The number of amides is 2. The number of aryl methyl sites for hydroxylation is 1. The van der Waals surface area contributed by atoms with Gasteiger partial charge in [-0.15, -0.1) is 0 Å². The summed E-state index contributed by atoms with van der Waals surface area (Å²) < 4.78 is 4.92. The molecule has 0 fully saturated rings. The van der Waals surface area contributed by atoms with Crippen molar-refractivity contribution in [3.05, 3.63) is 11.8 Å². The molecule has 1 aromatic heterocycles. The molecule has 0 spiro atoms. The second kappa shape index (κ2) is 9.29. The van der Waals surface area contributed by atoms with Crippen molar-refractivity contribution >= 4 is 17.6 Å². The van der Waals surface area contributed by atoms with Gasteiger partial charge in [0.2, 0.25) is 11.8 Å². The average Bonchev–Trinajstić information content (AvgIpc) is 2.91. The van der Waals surface area contributed by atoms with Gasteiger partial charge in [0, 0.05) is 12.0 Å². The topological polar surface area (TPSA) is 79.9 Å². The Morgan fingerprint density at radius 1 is 1.35 bits per heavy atom. The fourth-order valence-electron chi connectivity index (χ4n) is 2.31. The number of carbonyl (C=O) groups is 2. The minimum atomic E-state index is -0.262. The Morgan fingerprint density at radius 2 is 2.00 bits per heavy atom. The van der Waals surface area contributed by atoms with Gasteiger partial charge < -0.3 is 19.6 Å². The molecule has 2 N–H and O–H groups in total. The second-order valence-corrected chi connectivity index (χ2v) is 5.99. The van der Waals surface area contributed by atoms with Crippen LogP contribution in [0.25, 0.3) is 0 Å². The van der Waals surface area contributed by atoms with Gasteiger partial charge >= 0.3 is 0 Å². The zero-order valence-corrected chi connectivity index (χ0v) is 14.8. The van der Waals surface area contributed by atoms with E-state index >= 15 is 0 Å². The van der Waals surface area contributed by atoms with Crippen LogP contribution in [0, 0.1) is 12.8 Å². The molecule has 0 aliphatic heterocycles. The summed E-state index contributed by atoms with van der Waals surface area (Å²) in [5.74, 6) is 0.591. The second-order valence-electron chi connectivity index (χ2n) is 5.99.